The van der Waals surface area contributed by atoms with E-state index in [1.54, 1.807) is 19.5 Å². The first-order valence-corrected chi connectivity index (χ1v) is 13.5. The topological polar surface area (TPSA) is 73.1 Å². The zero-order chi connectivity index (χ0) is 26.6. The second-order valence-corrected chi connectivity index (χ2v) is 10.2. The molecule has 5 rings (SSSR count). The number of methoxy groups -OCH3 is 1. The van der Waals surface area contributed by atoms with Crippen LogP contribution in [0, 0.1) is 6.92 Å². The second-order valence-electron chi connectivity index (χ2n) is 9.42. The van der Waals surface area contributed by atoms with Crippen molar-refractivity contribution in [2.45, 2.75) is 45.2 Å². The van der Waals surface area contributed by atoms with Gasteiger partial charge in [0.25, 0.3) is 5.91 Å². The summed E-state index contributed by atoms with van der Waals surface area (Å²) < 4.78 is 7.18. The minimum atomic E-state index is 0.000384. The van der Waals surface area contributed by atoms with Crippen LogP contribution in [0.15, 0.2) is 60.9 Å². The summed E-state index contributed by atoms with van der Waals surface area (Å²) in [5.74, 6) is 1.84. The van der Waals surface area contributed by atoms with Crippen molar-refractivity contribution in [1.29, 1.82) is 0 Å². The van der Waals surface area contributed by atoms with Crippen LogP contribution in [0.3, 0.4) is 0 Å². The number of carbonyl (C=O) groups is 1. The van der Waals surface area contributed by atoms with E-state index in [1.807, 2.05) is 65.0 Å². The van der Waals surface area contributed by atoms with Gasteiger partial charge in [-0.3, -0.25) is 9.78 Å². The minimum Gasteiger partial charge on any atom is -0.495 e. The summed E-state index contributed by atoms with van der Waals surface area (Å²) in [6.07, 6.45) is 7.65. The van der Waals surface area contributed by atoms with E-state index >= 15 is 0 Å². The number of pyridine rings is 1. The maximum absolute atomic E-state index is 13.8. The molecule has 0 atom stereocenters. The summed E-state index contributed by atoms with van der Waals surface area (Å²) >= 11 is 12.8. The van der Waals surface area contributed by atoms with Gasteiger partial charge in [0.1, 0.15) is 5.75 Å². The molecule has 1 aliphatic carbocycles. The molecule has 0 spiro atoms. The van der Waals surface area contributed by atoms with E-state index in [0.29, 0.717) is 46.1 Å². The van der Waals surface area contributed by atoms with E-state index in [2.05, 4.69) is 4.98 Å². The molecule has 0 unspecified atom stereocenters. The van der Waals surface area contributed by atoms with Crippen LogP contribution in [0.2, 0.25) is 10.0 Å². The summed E-state index contributed by atoms with van der Waals surface area (Å²) in [4.78, 5) is 24.8. The van der Waals surface area contributed by atoms with Crippen LogP contribution in [-0.4, -0.2) is 50.3 Å². The summed E-state index contributed by atoms with van der Waals surface area (Å²) in [7, 11) is 1.58. The van der Waals surface area contributed by atoms with Gasteiger partial charge in [-0.2, -0.15) is 5.10 Å². The Morgan fingerprint density at radius 3 is 2.53 bits per heavy atom. The first-order chi connectivity index (χ1) is 18.5. The van der Waals surface area contributed by atoms with Crippen molar-refractivity contribution in [2.24, 2.45) is 0 Å². The van der Waals surface area contributed by atoms with Gasteiger partial charge < -0.3 is 9.64 Å². The maximum Gasteiger partial charge on any atom is 0.254 e. The Balaban J connectivity index is 1.50. The van der Waals surface area contributed by atoms with Gasteiger partial charge in [0.15, 0.2) is 11.6 Å². The third-order valence-corrected chi connectivity index (χ3v) is 7.80. The molecular weight excluding hydrogens is 521 g/mol. The van der Waals surface area contributed by atoms with E-state index in [9.17, 15) is 4.79 Å². The van der Waals surface area contributed by atoms with Crippen molar-refractivity contribution >= 4 is 29.1 Å². The van der Waals surface area contributed by atoms with Gasteiger partial charge in [-0.25, -0.2) is 9.67 Å². The molecule has 4 aromatic rings. The van der Waals surface area contributed by atoms with Crippen molar-refractivity contribution < 1.29 is 9.53 Å². The Morgan fingerprint density at radius 2 is 1.82 bits per heavy atom. The first-order valence-electron chi connectivity index (χ1n) is 12.7. The highest BCUT2D eigenvalue weighted by Crippen LogP contribution is 2.31. The zero-order valence-electron chi connectivity index (χ0n) is 21.4. The molecule has 196 valence electrons. The number of nitrogens with zero attached hydrogens (tertiary/aromatic N) is 5. The van der Waals surface area contributed by atoms with Crippen LogP contribution < -0.4 is 4.74 Å². The van der Waals surface area contributed by atoms with Crippen molar-refractivity contribution in [3.63, 3.8) is 0 Å². The summed E-state index contributed by atoms with van der Waals surface area (Å²) in [6, 6.07) is 15.0. The molecule has 2 aromatic heterocycles. The van der Waals surface area contributed by atoms with Gasteiger partial charge in [0.05, 0.1) is 18.7 Å². The van der Waals surface area contributed by atoms with E-state index in [0.717, 1.165) is 42.4 Å². The summed E-state index contributed by atoms with van der Waals surface area (Å²) in [5, 5.41) is 5.92. The Kier molecular flexibility index (Phi) is 7.95. The Bertz CT molecular complexity index is 1430. The van der Waals surface area contributed by atoms with Gasteiger partial charge in [-0.15, -0.1) is 0 Å². The van der Waals surface area contributed by atoms with Crippen LogP contribution in [0.25, 0.3) is 22.8 Å². The highest BCUT2D eigenvalue weighted by molar-refractivity contribution is 6.32. The van der Waals surface area contributed by atoms with Crippen molar-refractivity contribution in [1.82, 2.24) is 24.6 Å². The third-order valence-electron chi connectivity index (χ3n) is 7.10. The van der Waals surface area contributed by atoms with Gasteiger partial charge in [-0.1, -0.05) is 42.1 Å². The highest BCUT2D eigenvalue weighted by Gasteiger charge is 2.29. The largest absolute Gasteiger partial charge is 0.495 e. The molecule has 0 N–H and O–H groups in total. The molecule has 7 nitrogen and oxygen atoms in total. The zero-order valence-corrected chi connectivity index (χ0v) is 22.9. The predicted octanol–water partition coefficient (Wildman–Crippen LogP) is 6.72. The van der Waals surface area contributed by atoms with Gasteiger partial charge in [0.2, 0.25) is 0 Å². The average molecular weight is 550 g/mol. The molecular formula is C29H29Cl2N5O2. The third kappa shape index (κ3) is 5.40. The van der Waals surface area contributed by atoms with Crippen LogP contribution in [-0.2, 0) is 6.54 Å². The number of halogens is 2. The molecule has 2 heterocycles. The lowest BCUT2D eigenvalue weighted by Gasteiger charge is -2.30. The normalized spacial score (nSPS) is 13.6. The lowest BCUT2D eigenvalue weighted by Crippen LogP contribution is -2.41. The highest BCUT2D eigenvalue weighted by atomic mass is 35.5. The molecule has 1 fully saturated rings. The van der Waals surface area contributed by atoms with Crippen LogP contribution in [0.5, 0.6) is 5.75 Å². The number of hydrogen-bond acceptors (Lipinski definition) is 5. The van der Waals surface area contributed by atoms with E-state index in [1.165, 1.54) is 0 Å². The monoisotopic (exact) mass is 549 g/mol. The molecule has 1 saturated carbocycles. The molecule has 9 heteroatoms. The van der Waals surface area contributed by atoms with E-state index in [4.69, 9.17) is 38.0 Å². The minimum absolute atomic E-state index is 0.000384. The maximum atomic E-state index is 13.8. The quantitative estimate of drug-likeness (QED) is 0.244. The molecule has 38 heavy (non-hydrogen) atoms. The predicted molar refractivity (Wildman–Crippen MR) is 150 cm³/mol. The van der Waals surface area contributed by atoms with Crippen LogP contribution in [0.4, 0.5) is 0 Å². The number of benzene rings is 2. The van der Waals surface area contributed by atoms with Crippen molar-refractivity contribution in [3.05, 3.63) is 82.1 Å². The van der Waals surface area contributed by atoms with Gasteiger partial charge in [0, 0.05) is 46.7 Å². The van der Waals surface area contributed by atoms with Crippen molar-refractivity contribution in [2.75, 3.05) is 13.7 Å². The van der Waals surface area contributed by atoms with Gasteiger partial charge >= 0.3 is 0 Å². The Morgan fingerprint density at radius 1 is 1.05 bits per heavy atom. The van der Waals surface area contributed by atoms with Crippen LogP contribution in [0.1, 0.15) is 41.6 Å². The summed E-state index contributed by atoms with van der Waals surface area (Å²) in [5.41, 5.74) is 3.12. The van der Waals surface area contributed by atoms with Gasteiger partial charge in [-0.05, 0) is 67.8 Å². The smallest absolute Gasteiger partial charge is 0.254 e. The van der Waals surface area contributed by atoms with Crippen LogP contribution >= 0.6 is 23.2 Å². The molecule has 0 aliphatic heterocycles. The number of aromatic nitrogens is 4. The first kappa shape index (κ1) is 26.2. The van der Waals surface area contributed by atoms with E-state index < -0.39 is 0 Å². The SMILES string of the molecule is COc1ccc(-c2nc(-c3ccncc3)nn2CCN(C(=O)c2cccc(Cl)c2C)C2CCCC2)cc1Cl. The lowest BCUT2D eigenvalue weighted by atomic mass is 10.1. The average Bonchev–Trinajstić information content (AvgIpc) is 3.62. The molecule has 0 bridgehead atoms. The van der Waals surface area contributed by atoms with Crippen molar-refractivity contribution in [3.8, 4) is 28.5 Å². The number of ether oxygens (including phenoxy) is 1. The summed E-state index contributed by atoms with van der Waals surface area (Å²) in [6.45, 7) is 2.86. The number of carbonyl (C=O) groups excluding carboxylic acids is 1. The lowest BCUT2D eigenvalue weighted by molar-refractivity contribution is 0.0671. The number of rotatable bonds is 8. The molecule has 2 aromatic carbocycles. The molecule has 1 aliphatic rings. The Hall–Kier alpha value is -3.42. The fraction of sp³-hybridized carbons (Fsp3) is 0.310. The molecule has 1 amide bonds. The number of amides is 1. The standard InChI is InChI=1S/C29H29Cl2N5O2/c1-19-23(8-5-9-24(19)30)29(37)35(22-6-3-4-7-22)16-17-36-28(21-10-11-26(38-2)25(31)18-21)33-27(34-36)20-12-14-32-15-13-20/h5,8-15,18,22H,3-4,6-7,16-17H2,1-2H3. The molecule has 0 saturated heterocycles. The fourth-order valence-corrected chi connectivity index (χ4v) is 5.43. The fourth-order valence-electron chi connectivity index (χ4n) is 5.00. The molecule has 0 radical (unpaired) electrons. The second kappa shape index (κ2) is 11.5. The number of hydrogen-bond donors (Lipinski definition) is 0. The van der Waals surface area contributed by atoms with E-state index in [-0.39, 0.29) is 11.9 Å². The Labute approximate surface area is 232 Å².